The van der Waals surface area contributed by atoms with Crippen molar-refractivity contribution >= 4 is 46.9 Å². The Morgan fingerprint density at radius 2 is 1.40 bits per heavy atom. The number of anilines is 2. The van der Waals surface area contributed by atoms with Gasteiger partial charge in [-0.3, -0.25) is 14.4 Å². The molecule has 0 aliphatic rings. The lowest BCUT2D eigenvalue weighted by Gasteiger charge is -2.16. The Kier molecular flexibility index (Phi) is 10.7. The van der Waals surface area contributed by atoms with Crippen molar-refractivity contribution in [3.05, 3.63) is 132 Å². The minimum Gasteiger partial charge on any atom is -0.325 e. The summed E-state index contributed by atoms with van der Waals surface area (Å²) in [5.74, 6) is -0.538. The maximum Gasteiger partial charge on any atom is 0.272 e. The third kappa shape index (κ3) is 8.69. The summed E-state index contributed by atoms with van der Waals surface area (Å²) >= 11 is 1.43. The molecule has 0 saturated carbocycles. The fourth-order valence-electron chi connectivity index (χ4n) is 4.16. The first-order chi connectivity index (χ1) is 20.3. The lowest BCUT2D eigenvalue weighted by Crippen LogP contribution is -2.30. The Labute approximate surface area is 251 Å². The highest BCUT2D eigenvalue weighted by atomic mass is 32.2. The van der Waals surface area contributed by atoms with Crippen molar-refractivity contribution in [3.8, 4) is 0 Å². The number of benzene rings is 4. The largest absolute Gasteiger partial charge is 0.325 e. The topological polar surface area (TPSA) is 87.3 Å². The molecule has 42 heavy (non-hydrogen) atoms. The minimum atomic E-state index is -0.455. The van der Waals surface area contributed by atoms with Gasteiger partial charge >= 0.3 is 0 Å². The molecule has 0 aromatic heterocycles. The molecule has 4 aromatic rings. The number of amides is 3. The Hall–Kier alpha value is -4.62. The van der Waals surface area contributed by atoms with Crippen molar-refractivity contribution < 1.29 is 14.4 Å². The van der Waals surface area contributed by atoms with Crippen LogP contribution in [0.15, 0.2) is 120 Å². The molecule has 0 radical (unpaired) electrons. The van der Waals surface area contributed by atoms with Crippen LogP contribution in [-0.2, 0) is 9.59 Å². The summed E-state index contributed by atoms with van der Waals surface area (Å²) in [6.45, 7) is 6.21. The van der Waals surface area contributed by atoms with Gasteiger partial charge in [-0.05, 0) is 72.0 Å². The highest BCUT2D eigenvalue weighted by molar-refractivity contribution is 8.00. The van der Waals surface area contributed by atoms with Crippen molar-refractivity contribution in [1.82, 2.24) is 5.32 Å². The zero-order chi connectivity index (χ0) is 29.9. The second-order valence-electron chi connectivity index (χ2n) is 10.1. The van der Waals surface area contributed by atoms with E-state index in [0.29, 0.717) is 23.6 Å². The van der Waals surface area contributed by atoms with E-state index in [9.17, 15) is 14.4 Å². The van der Waals surface area contributed by atoms with E-state index < -0.39 is 5.91 Å². The van der Waals surface area contributed by atoms with Crippen molar-refractivity contribution in [2.45, 2.75) is 43.3 Å². The summed E-state index contributed by atoms with van der Waals surface area (Å²) in [7, 11) is 0. The third-order valence-corrected chi connectivity index (χ3v) is 7.88. The van der Waals surface area contributed by atoms with Crippen LogP contribution < -0.4 is 16.0 Å². The normalized spacial score (nSPS) is 12.0. The zero-order valence-corrected chi connectivity index (χ0v) is 24.8. The molecule has 0 spiro atoms. The number of para-hydroxylation sites is 1. The van der Waals surface area contributed by atoms with E-state index in [1.54, 1.807) is 36.4 Å². The average Bonchev–Trinajstić information content (AvgIpc) is 3.00. The molecule has 0 fully saturated rings. The zero-order valence-electron chi connectivity index (χ0n) is 24.0. The molecular formula is C35H35N3O3S. The van der Waals surface area contributed by atoms with Crippen molar-refractivity contribution in [2.75, 3.05) is 10.6 Å². The summed E-state index contributed by atoms with van der Waals surface area (Å²) < 4.78 is 0. The van der Waals surface area contributed by atoms with Gasteiger partial charge in [0.15, 0.2) is 0 Å². The number of nitrogens with one attached hydrogen (secondary N) is 3. The van der Waals surface area contributed by atoms with Crippen molar-refractivity contribution in [2.24, 2.45) is 0 Å². The second-order valence-corrected chi connectivity index (χ2v) is 11.3. The Bertz CT molecular complexity index is 1540. The number of rotatable bonds is 11. The Morgan fingerprint density at radius 1 is 0.762 bits per heavy atom. The van der Waals surface area contributed by atoms with Gasteiger partial charge in [0.1, 0.15) is 5.70 Å². The maximum atomic E-state index is 13.5. The van der Waals surface area contributed by atoms with E-state index in [2.05, 4.69) is 29.8 Å². The first-order valence-corrected chi connectivity index (χ1v) is 14.8. The van der Waals surface area contributed by atoms with Crippen LogP contribution in [0.3, 0.4) is 0 Å². The highest BCUT2D eigenvalue weighted by Crippen LogP contribution is 2.29. The minimum absolute atomic E-state index is 0.0829. The summed E-state index contributed by atoms with van der Waals surface area (Å²) in [6.07, 6.45) is 2.30. The molecule has 0 saturated heterocycles. The monoisotopic (exact) mass is 577 g/mol. The van der Waals surface area contributed by atoms with Gasteiger partial charge < -0.3 is 16.0 Å². The predicted molar refractivity (Wildman–Crippen MR) is 172 cm³/mol. The number of carbonyl (C=O) groups excluding carboxylic acids is 3. The Morgan fingerprint density at radius 3 is 2.05 bits per heavy atom. The predicted octanol–water partition coefficient (Wildman–Crippen LogP) is 7.73. The Balaban J connectivity index is 1.51. The van der Waals surface area contributed by atoms with E-state index in [-0.39, 0.29) is 22.8 Å². The average molecular weight is 578 g/mol. The molecule has 0 aliphatic carbocycles. The second kappa shape index (κ2) is 14.8. The fourth-order valence-corrected chi connectivity index (χ4v) is 5.18. The molecular weight excluding hydrogens is 542 g/mol. The maximum absolute atomic E-state index is 13.5. The van der Waals surface area contributed by atoms with E-state index in [1.807, 2.05) is 85.8 Å². The standard InChI is InChI=1S/C35H35N3O3S/c1-4-32(35(41)36-28-14-9-6-10-15-28)42-30-17-11-16-29(23-30)37-34(40)31(38-33(39)27-12-7-5-8-13-27)22-25-18-20-26(21-19-25)24(2)3/h5-24,32H,4H2,1-3H3,(H,36,41)(H,37,40)(H,38,39)/b31-22+. The fraction of sp³-hybridized carbons (Fsp3) is 0.171. The SMILES string of the molecule is CCC(Sc1cccc(NC(=O)/C(=C\c2ccc(C(C)C)cc2)NC(=O)c2ccccc2)c1)C(=O)Nc1ccccc1. The third-order valence-electron chi connectivity index (χ3n) is 6.52. The van der Waals surface area contributed by atoms with Crippen LogP contribution in [0, 0.1) is 0 Å². The molecule has 1 atom stereocenters. The number of hydrogen-bond acceptors (Lipinski definition) is 4. The molecule has 3 N–H and O–H groups in total. The van der Waals surface area contributed by atoms with Crippen LogP contribution in [0.1, 0.15) is 54.6 Å². The first kappa shape index (κ1) is 30.3. The lowest BCUT2D eigenvalue weighted by atomic mass is 10.0. The summed E-state index contributed by atoms with van der Waals surface area (Å²) in [4.78, 5) is 40.2. The van der Waals surface area contributed by atoms with Crippen LogP contribution in [0.2, 0.25) is 0 Å². The molecule has 214 valence electrons. The lowest BCUT2D eigenvalue weighted by molar-refractivity contribution is -0.116. The summed E-state index contributed by atoms with van der Waals surface area (Å²) in [6, 6.07) is 33.4. The summed E-state index contributed by atoms with van der Waals surface area (Å²) in [5, 5.41) is 8.35. The van der Waals surface area contributed by atoms with Crippen molar-refractivity contribution in [1.29, 1.82) is 0 Å². The van der Waals surface area contributed by atoms with E-state index in [4.69, 9.17) is 0 Å². The molecule has 4 aromatic carbocycles. The molecule has 7 heteroatoms. The van der Waals surface area contributed by atoms with Crippen LogP contribution in [-0.4, -0.2) is 23.0 Å². The molecule has 0 aliphatic heterocycles. The number of hydrogen-bond donors (Lipinski definition) is 3. The molecule has 1 unspecified atom stereocenters. The van der Waals surface area contributed by atoms with Gasteiger partial charge in [0.2, 0.25) is 5.91 Å². The van der Waals surface area contributed by atoms with Gasteiger partial charge in [-0.1, -0.05) is 87.5 Å². The smallest absolute Gasteiger partial charge is 0.272 e. The van der Waals surface area contributed by atoms with Gasteiger partial charge in [0, 0.05) is 21.8 Å². The molecule has 0 bridgehead atoms. The quantitative estimate of drug-likeness (QED) is 0.126. The van der Waals surface area contributed by atoms with Crippen LogP contribution in [0.5, 0.6) is 0 Å². The molecule has 3 amide bonds. The van der Waals surface area contributed by atoms with Crippen LogP contribution in [0.25, 0.3) is 6.08 Å². The van der Waals surface area contributed by atoms with E-state index >= 15 is 0 Å². The van der Waals surface area contributed by atoms with Crippen LogP contribution in [0.4, 0.5) is 11.4 Å². The van der Waals surface area contributed by atoms with Crippen LogP contribution >= 0.6 is 11.8 Å². The number of thioether (sulfide) groups is 1. The van der Waals surface area contributed by atoms with Gasteiger partial charge in [0.05, 0.1) is 5.25 Å². The first-order valence-electron chi connectivity index (χ1n) is 13.9. The highest BCUT2D eigenvalue weighted by Gasteiger charge is 2.19. The van der Waals surface area contributed by atoms with Gasteiger partial charge in [-0.2, -0.15) is 0 Å². The number of carbonyl (C=O) groups is 3. The van der Waals surface area contributed by atoms with Crippen molar-refractivity contribution in [3.63, 3.8) is 0 Å². The van der Waals surface area contributed by atoms with Gasteiger partial charge in [-0.15, -0.1) is 11.8 Å². The molecule has 6 nitrogen and oxygen atoms in total. The molecule has 4 rings (SSSR count). The van der Waals surface area contributed by atoms with E-state index in [1.165, 1.54) is 17.3 Å². The summed E-state index contributed by atoms with van der Waals surface area (Å²) in [5.41, 5.74) is 3.84. The molecule has 0 heterocycles. The van der Waals surface area contributed by atoms with Gasteiger partial charge in [0.25, 0.3) is 11.8 Å². The van der Waals surface area contributed by atoms with Gasteiger partial charge in [-0.25, -0.2) is 0 Å². The van der Waals surface area contributed by atoms with E-state index in [0.717, 1.165) is 16.1 Å².